The summed E-state index contributed by atoms with van der Waals surface area (Å²) in [5, 5.41) is 38.0. The summed E-state index contributed by atoms with van der Waals surface area (Å²) in [7, 11) is 0. The predicted octanol–water partition coefficient (Wildman–Crippen LogP) is -3.49. The Hall–Kier alpha value is -1.52. The van der Waals surface area contributed by atoms with Crippen molar-refractivity contribution in [2.24, 2.45) is 0 Å². The molecule has 9 nitrogen and oxygen atoms in total. The fourth-order valence-electron chi connectivity index (χ4n) is 2.01. The standard InChI is InChI=1S/C10H14N2O7/c13-3-10(4-14)7(17)6(16)8(19-10)12-2-1-5(15)11-9(12)18/h1-2,6-8,13-14,16-17H,3-4H2,(H,11,15,18)/t6-,7+,8-/m1/s1. The van der Waals surface area contributed by atoms with E-state index in [2.05, 4.69) is 0 Å². The van der Waals surface area contributed by atoms with Gasteiger partial charge in [0, 0.05) is 12.3 Å². The van der Waals surface area contributed by atoms with E-state index >= 15 is 0 Å². The monoisotopic (exact) mass is 274 g/mol. The number of nitrogens with one attached hydrogen (secondary N) is 1. The number of aromatic amines is 1. The number of H-pyrrole nitrogens is 1. The third-order valence-electron chi connectivity index (χ3n) is 3.17. The van der Waals surface area contributed by atoms with Crippen LogP contribution in [0.4, 0.5) is 0 Å². The van der Waals surface area contributed by atoms with Crippen LogP contribution in [0.1, 0.15) is 6.23 Å². The molecule has 1 aliphatic heterocycles. The van der Waals surface area contributed by atoms with E-state index in [0.717, 1.165) is 16.8 Å². The Morgan fingerprint density at radius 1 is 1.32 bits per heavy atom. The molecule has 1 aromatic heterocycles. The number of nitrogens with zero attached hydrogens (tertiary/aromatic N) is 1. The molecule has 0 bridgehead atoms. The van der Waals surface area contributed by atoms with Crippen LogP contribution in [-0.2, 0) is 4.74 Å². The number of aliphatic hydroxyl groups excluding tert-OH is 4. The fourth-order valence-corrected chi connectivity index (χ4v) is 2.01. The average Bonchev–Trinajstić information content (AvgIpc) is 2.64. The molecule has 1 aromatic rings. The number of ether oxygens (including phenoxy) is 1. The van der Waals surface area contributed by atoms with Crippen LogP contribution in [0.25, 0.3) is 0 Å². The van der Waals surface area contributed by atoms with Gasteiger partial charge >= 0.3 is 5.69 Å². The maximum Gasteiger partial charge on any atom is 0.330 e. The van der Waals surface area contributed by atoms with E-state index in [0.29, 0.717) is 0 Å². The van der Waals surface area contributed by atoms with E-state index < -0.39 is 48.5 Å². The Bertz CT molecular complexity index is 561. The molecule has 1 saturated heterocycles. The predicted molar refractivity (Wildman–Crippen MR) is 60.4 cm³/mol. The molecule has 0 saturated carbocycles. The van der Waals surface area contributed by atoms with Gasteiger partial charge in [0.05, 0.1) is 13.2 Å². The molecular weight excluding hydrogens is 260 g/mol. The second-order valence-electron chi connectivity index (χ2n) is 4.34. The number of rotatable bonds is 3. The molecule has 2 rings (SSSR count). The molecular formula is C10H14N2O7. The quantitative estimate of drug-likeness (QED) is 0.384. The Morgan fingerprint density at radius 2 is 1.95 bits per heavy atom. The zero-order chi connectivity index (χ0) is 14.2. The van der Waals surface area contributed by atoms with Gasteiger partial charge in [-0.15, -0.1) is 0 Å². The molecule has 19 heavy (non-hydrogen) atoms. The summed E-state index contributed by atoms with van der Waals surface area (Å²) in [5.41, 5.74) is -3.22. The molecule has 5 N–H and O–H groups in total. The first kappa shape index (κ1) is 13.9. The largest absolute Gasteiger partial charge is 0.393 e. The first-order valence-corrected chi connectivity index (χ1v) is 5.52. The fraction of sp³-hybridized carbons (Fsp3) is 0.600. The Balaban J connectivity index is 2.42. The smallest absolute Gasteiger partial charge is 0.330 e. The van der Waals surface area contributed by atoms with Crippen molar-refractivity contribution in [2.45, 2.75) is 24.0 Å². The molecule has 0 amide bonds. The molecule has 9 heteroatoms. The molecule has 3 atom stereocenters. The van der Waals surface area contributed by atoms with Crippen molar-refractivity contribution in [1.29, 1.82) is 0 Å². The van der Waals surface area contributed by atoms with Crippen molar-refractivity contribution >= 4 is 0 Å². The minimum Gasteiger partial charge on any atom is -0.393 e. The van der Waals surface area contributed by atoms with Gasteiger partial charge in [0.2, 0.25) is 0 Å². The first-order chi connectivity index (χ1) is 8.95. The molecule has 0 aliphatic carbocycles. The van der Waals surface area contributed by atoms with Crippen LogP contribution in [-0.4, -0.2) is 61.0 Å². The summed E-state index contributed by atoms with van der Waals surface area (Å²) in [6.45, 7) is -1.48. The molecule has 106 valence electrons. The van der Waals surface area contributed by atoms with Gasteiger partial charge in [-0.1, -0.05) is 0 Å². The summed E-state index contributed by atoms with van der Waals surface area (Å²) in [6, 6.07) is 1.04. The summed E-state index contributed by atoms with van der Waals surface area (Å²) >= 11 is 0. The van der Waals surface area contributed by atoms with E-state index in [1.54, 1.807) is 0 Å². The Kier molecular flexibility index (Phi) is 3.56. The third-order valence-corrected chi connectivity index (χ3v) is 3.17. The second-order valence-corrected chi connectivity index (χ2v) is 4.34. The van der Waals surface area contributed by atoms with Gasteiger partial charge in [-0.3, -0.25) is 14.3 Å². The normalized spacial score (nSPS) is 29.6. The third kappa shape index (κ3) is 2.11. The molecule has 0 unspecified atom stereocenters. The Morgan fingerprint density at radius 3 is 2.42 bits per heavy atom. The minimum absolute atomic E-state index is 0.620. The van der Waals surface area contributed by atoms with Gasteiger partial charge < -0.3 is 25.2 Å². The van der Waals surface area contributed by atoms with Gasteiger partial charge in [-0.25, -0.2) is 4.79 Å². The molecule has 0 radical (unpaired) electrons. The van der Waals surface area contributed by atoms with Crippen LogP contribution in [0, 0.1) is 0 Å². The first-order valence-electron chi connectivity index (χ1n) is 5.52. The van der Waals surface area contributed by atoms with Crippen molar-refractivity contribution in [2.75, 3.05) is 13.2 Å². The minimum atomic E-state index is -1.76. The lowest BCUT2D eigenvalue weighted by Crippen LogP contribution is -2.49. The van der Waals surface area contributed by atoms with Crippen LogP contribution in [0.15, 0.2) is 21.9 Å². The highest BCUT2D eigenvalue weighted by molar-refractivity contribution is 5.01. The summed E-state index contributed by atoms with van der Waals surface area (Å²) in [4.78, 5) is 24.5. The second kappa shape index (κ2) is 4.87. The summed E-state index contributed by atoms with van der Waals surface area (Å²) in [6.07, 6.45) is -3.35. The van der Waals surface area contributed by atoms with Crippen molar-refractivity contribution in [3.63, 3.8) is 0 Å². The lowest BCUT2D eigenvalue weighted by molar-refractivity contribution is -0.150. The summed E-state index contributed by atoms with van der Waals surface area (Å²) in [5.74, 6) is 0. The van der Waals surface area contributed by atoms with Crippen molar-refractivity contribution in [3.8, 4) is 0 Å². The van der Waals surface area contributed by atoms with E-state index in [1.165, 1.54) is 0 Å². The zero-order valence-corrected chi connectivity index (χ0v) is 9.76. The van der Waals surface area contributed by atoms with Crippen LogP contribution < -0.4 is 11.2 Å². The number of hydrogen-bond acceptors (Lipinski definition) is 7. The van der Waals surface area contributed by atoms with Crippen molar-refractivity contribution < 1.29 is 25.2 Å². The SMILES string of the molecule is O=c1ccn([C@@H]2OC(CO)(CO)[C@@H](O)[C@H]2O)c(=O)[nH]1. The number of aromatic nitrogens is 2. The van der Waals surface area contributed by atoms with Gasteiger partial charge in [0.15, 0.2) is 6.23 Å². The molecule has 1 aliphatic rings. The van der Waals surface area contributed by atoms with Crippen LogP contribution in [0.3, 0.4) is 0 Å². The van der Waals surface area contributed by atoms with Crippen LogP contribution in [0.5, 0.6) is 0 Å². The van der Waals surface area contributed by atoms with Gasteiger partial charge in [0.25, 0.3) is 5.56 Å². The van der Waals surface area contributed by atoms with E-state index in [-0.39, 0.29) is 0 Å². The lowest BCUT2D eigenvalue weighted by atomic mass is 9.97. The zero-order valence-electron chi connectivity index (χ0n) is 9.76. The van der Waals surface area contributed by atoms with E-state index in [1.807, 2.05) is 4.98 Å². The van der Waals surface area contributed by atoms with Gasteiger partial charge in [-0.05, 0) is 0 Å². The molecule has 2 heterocycles. The van der Waals surface area contributed by atoms with E-state index in [4.69, 9.17) is 4.74 Å². The van der Waals surface area contributed by atoms with Crippen molar-refractivity contribution in [1.82, 2.24) is 9.55 Å². The van der Waals surface area contributed by atoms with Crippen LogP contribution in [0.2, 0.25) is 0 Å². The maximum absolute atomic E-state index is 11.6. The molecule has 0 aromatic carbocycles. The van der Waals surface area contributed by atoms with Gasteiger partial charge in [-0.2, -0.15) is 0 Å². The highest BCUT2D eigenvalue weighted by Gasteiger charge is 2.54. The van der Waals surface area contributed by atoms with Crippen molar-refractivity contribution in [3.05, 3.63) is 33.1 Å². The maximum atomic E-state index is 11.6. The highest BCUT2D eigenvalue weighted by Crippen LogP contribution is 2.35. The van der Waals surface area contributed by atoms with Gasteiger partial charge in [0.1, 0.15) is 17.8 Å². The van der Waals surface area contributed by atoms with E-state index in [9.17, 15) is 30.0 Å². The topological polar surface area (TPSA) is 145 Å². The van der Waals surface area contributed by atoms with Crippen LogP contribution >= 0.6 is 0 Å². The average molecular weight is 274 g/mol. The summed E-state index contributed by atoms with van der Waals surface area (Å²) < 4.78 is 6.08. The number of aliphatic hydroxyl groups is 4. The molecule has 1 fully saturated rings. The molecule has 0 spiro atoms. The lowest BCUT2D eigenvalue weighted by Gasteiger charge is -2.27. The Labute approximate surface area is 106 Å². The highest BCUT2D eigenvalue weighted by atomic mass is 16.6. The number of hydrogen-bond donors (Lipinski definition) is 5.